The summed E-state index contributed by atoms with van der Waals surface area (Å²) in [5, 5.41) is 8.28. The molecule has 7 nitrogen and oxygen atoms in total. The van der Waals surface area contributed by atoms with Gasteiger partial charge in [-0.25, -0.2) is 9.67 Å². The number of carbonyl (C=O) groups excluding carboxylic acids is 1. The third kappa shape index (κ3) is 4.43. The molecule has 172 valence electrons. The molecule has 0 aliphatic carbocycles. The molecule has 1 amide bonds. The van der Waals surface area contributed by atoms with Crippen LogP contribution in [0, 0.1) is 13.8 Å². The first-order chi connectivity index (χ1) is 15.8. The normalized spacial score (nSPS) is 11.2. The van der Waals surface area contributed by atoms with Crippen LogP contribution in [0.2, 0.25) is 0 Å². The predicted octanol–water partition coefficient (Wildman–Crippen LogP) is 5.30. The average Bonchev–Trinajstić information content (AvgIpc) is 3.38. The van der Waals surface area contributed by atoms with Crippen molar-refractivity contribution in [1.29, 1.82) is 0 Å². The predicted molar refractivity (Wildman–Crippen MR) is 131 cm³/mol. The highest BCUT2D eigenvalue weighted by atomic mass is 32.1. The van der Waals surface area contributed by atoms with Crippen LogP contribution >= 0.6 is 11.3 Å². The number of aromatic nitrogens is 3. The van der Waals surface area contributed by atoms with Gasteiger partial charge in [0.1, 0.15) is 0 Å². The van der Waals surface area contributed by atoms with Gasteiger partial charge in [-0.2, -0.15) is 5.10 Å². The number of rotatable bonds is 7. The number of methoxy groups -OCH3 is 2. The minimum absolute atomic E-state index is 0.123. The van der Waals surface area contributed by atoms with Crippen molar-refractivity contribution < 1.29 is 14.3 Å². The molecule has 33 heavy (non-hydrogen) atoms. The van der Waals surface area contributed by atoms with Crippen molar-refractivity contribution >= 4 is 28.3 Å². The van der Waals surface area contributed by atoms with Crippen LogP contribution in [0.25, 0.3) is 22.3 Å². The number of aryl methyl sites for hydroxylation is 2. The Hall–Kier alpha value is -3.39. The fourth-order valence-electron chi connectivity index (χ4n) is 3.88. The average molecular weight is 465 g/mol. The molecule has 0 spiro atoms. The standard InChI is InChI=1S/C25H28N4O3S/c1-14(2)29-24-20(13-27-29)19(11-21(28-24)18-9-15(3)33-16(18)4)25(30)26-12-17-7-8-22(31-5)23(10-17)32-6/h7-11,13-14H,12H2,1-6H3,(H,26,30). The molecule has 0 unspecified atom stereocenters. The van der Waals surface area contributed by atoms with Gasteiger partial charge in [-0.3, -0.25) is 4.79 Å². The quantitative estimate of drug-likeness (QED) is 0.401. The third-order valence-electron chi connectivity index (χ3n) is 5.52. The zero-order valence-electron chi connectivity index (χ0n) is 19.7. The van der Waals surface area contributed by atoms with Crippen molar-refractivity contribution in [3.05, 3.63) is 57.4 Å². The lowest BCUT2D eigenvalue weighted by atomic mass is 10.1. The Bertz CT molecular complexity index is 1320. The second-order valence-electron chi connectivity index (χ2n) is 8.17. The molecular weight excluding hydrogens is 436 g/mol. The highest BCUT2D eigenvalue weighted by molar-refractivity contribution is 7.12. The SMILES string of the molecule is COc1ccc(CNC(=O)c2cc(-c3cc(C)sc3C)nc3c2cnn3C(C)C)cc1OC. The first kappa shape index (κ1) is 22.8. The van der Waals surface area contributed by atoms with E-state index in [4.69, 9.17) is 14.5 Å². The minimum atomic E-state index is -0.175. The highest BCUT2D eigenvalue weighted by Gasteiger charge is 2.20. The molecule has 0 aliphatic rings. The summed E-state index contributed by atoms with van der Waals surface area (Å²) in [5.41, 5.74) is 4.01. The maximum absolute atomic E-state index is 13.3. The Labute approximate surface area is 197 Å². The fourth-order valence-corrected chi connectivity index (χ4v) is 4.81. The molecule has 0 atom stereocenters. The van der Waals surface area contributed by atoms with E-state index in [-0.39, 0.29) is 11.9 Å². The largest absolute Gasteiger partial charge is 0.493 e. The van der Waals surface area contributed by atoms with E-state index < -0.39 is 0 Å². The number of amides is 1. The number of carbonyl (C=O) groups is 1. The van der Waals surface area contributed by atoms with Crippen molar-refractivity contribution in [2.75, 3.05) is 14.2 Å². The molecule has 8 heteroatoms. The number of thiophene rings is 1. The van der Waals surface area contributed by atoms with Gasteiger partial charge < -0.3 is 14.8 Å². The lowest BCUT2D eigenvalue weighted by molar-refractivity contribution is 0.0952. The Morgan fingerprint density at radius 2 is 1.88 bits per heavy atom. The number of hydrogen-bond donors (Lipinski definition) is 1. The third-order valence-corrected chi connectivity index (χ3v) is 6.48. The van der Waals surface area contributed by atoms with Crippen molar-refractivity contribution in [1.82, 2.24) is 20.1 Å². The van der Waals surface area contributed by atoms with Crippen molar-refractivity contribution in [3.63, 3.8) is 0 Å². The fraction of sp³-hybridized carbons (Fsp3) is 0.320. The lowest BCUT2D eigenvalue weighted by Crippen LogP contribution is -2.23. The van der Waals surface area contributed by atoms with Gasteiger partial charge in [0.25, 0.3) is 5.91 Å². The number of nitrogens with zero attached hydrogens (tertiary/aromatic N) is 3. The Balaban J connectivity index is 1.71. The Kier molecular flexibility index (Phi) is 6.37. The van der Waals surface area contributed by atoms with Crippen LogP contribution in [0.4, 0.5) is 0 Å². The van der Waals surface area contributed by atoms with Crippen molar-refractivity contribution in [2.45, 2.75) is 40.3 Å². The van der Waals surface area contributed by atoms with Crippen LogP contribution in [-0.2, 0) is 6.54 Å². The van der Waals surface area contributed by atoms with Gasteiger partial charge in [0, 0.05) is 27.9 Å². The molecule has 0 fully saturated rings. The van der Waals surface area contributed by atoms with Crippen LogP contribution in [0.15, 0.2) is 36.5 Å². The van der Waals surface area contributed by atoms with E-state index in [1.54, 1.807) is 31.8 Å². The summed E-state index contributed by atoms with van der Waals surface area (Å²) in [6, 6.07) is 9.71. The molecule has 1 N–H and O–H groups in total. The molecule has 1 aromatic carbocycles. The minimum Gasteiger partial charge on any atom is -0.493 e. The molecule has 4 aromatic rings. The van der Waals surface area contributed by atoms with Crippen LogP contribution in [0.5, 0.6) is 11.5 Å². The van der Waals surface area contributed by atoms with Crippen LogP contribution in [-0.4, -0.2) is 34.9 Å². The van der Waals surface area contributed by atoms with Crippen LogP contribution in [0.1, 0.15) is 45.6 Å². The maximum atomic E-state index is 13.3. The summed E-state index contributed by atoms with van der Waals surface area (Å²) >= 11 is 1.73. The molecule has 0 radical (unpaired) electrons. The first-order valence-electron chi connectivity index (χ1n) is 10.8. The number of nitrogens with one attached hydrogen (secondary N) is 1. The number of benzene rings is 1. The summed E-state index contributed by atoms with van der Waals surface area (Å²) in [6.07, 6.45) is 1.73. The van der Waals surface area contributed by atoms with E-state index in [0.29, 0.717) is 29.3 Å². The number of hydrogen-bond acceptors (Lipinski definition) is 6. The van der Waals surface area contributed by atoms with Gasteiger partial charge in [0.15, 0.2) is 17.1 Å². The van der Waals surface area contributed by atoms with E-state index in [1.807, 2.05) is 28.9 Å². The van der Waals surface area contributed by atoms with Gasteiger partial charge in [-0.05, 0) is 57.5 Å². The molecule has 3 aromatic heterocycles. The zero-order valence-corrected chi connectivity index (χ0v) is 20.5. The Morgan fingerprint density at radius 3 is 2.52 bits per heavy atom. The lowest BCUT2D eigenvalue weighted by Gasteiger charge is -2.12. The van der Waals surface area contributed by atoms with Crippen LogP contribution < -0.4 is 14.8 Å². The molecule has 0 bridgehead atoms. The Morgan fingerprint density at radius 1 is 1.12 bits per heavy atom. The number of fused-ring (bicyclic) bond motifs is 1. The molecule has 0 aliphatic heterocycles. The molecule has 4 rings (SSSR count). The maximum Gasteiger partial charge on any atom is 0.252 e. The van der Waals surface area contributed by atoms with Gasteiger partial charge in [-0.1, -0.05) is 6.07 Å². The summed E-state index contributed by atoms with van der Waals surface area (Å²) in [7, 11) is 3.19. The van der Waals surface area contributed by atoms with E-state index >= 15 is 0 Å². The monoisotopic (exact) mass is 464 g/mol. The molecule has 0 saturated carbocycles. The summed E-state index contributed by atoms with van der Waals surface area (Å²) in [4.78, 5) is 20.6. The second kappa shape index (κ2) is 9.23. The van der Waals surface area contributed by atoms with Gasteiger partial charge in [0.05, 0.1) is 37.1 Å². The zero-order chi connectivity index (χ0) is 23.7. The summed E-state index contributed by atoms with van der Waals surface area (Å²) in [6.45, 7) is 8.62. The smallest absolute Gasteiger partial charge is 0.252 e. The highest BCUT2D eigenvalue weighted by Crippen LogP contribution is 2.33. The number of ether oxygens (including phenoxy) is 2. The second-order valence-corrected chi connectivity index (χ2v) is 9.63. The van der Waals surface area contributed by atoms with Gasteiger partial charge >= 0.3 is 0 Å². The van der Waals surface area contributed by atoms with Gasteiger partial charge in [0.2, 0.25) is 0 Å². The van der Waals surface area contributed by atoms with Crippen molar-refractivity contribution in [3.8, 4) is 22.8 Å². The van der Waals surface area contributed by atoms with Crippen LogP contribution in [0.3, 0.4) is 0 Å². The van der Waals surface area contributed by atoms with E-state index in [1.165, 1.54) is 9.75 Å². The van der Waals surface area contributed by atoms with Crippen molar-refractivity contribution in [2.24, 2.45) is 0 Å². The number of pyridine rings is 1. The van der Waals surface area contributed by atoms with E-state index in [0.717, 1.165) is 22.2 Å². The molecule has 0 saturated heterocycles. The molecule has 3 heterocycles. The summed E-state index contributed by atoms with van der Waals surface area (Å²) < 4.78 is 12.5. The van der Waals surface area contributed by atoms with Gasteiger partial charge in [-0.15, -0.1) is 11.3 Å². The summed E-state index contributed by atoms with van der Waals surface area (Å²) in [5.74, 6) is 1.10. The van der Waals surface area contributed by atoms with E-state index in [9.17, 15) is 4.79 Å². The topological polar surface area (TPSA) is 78.3 Å². The molecular formula is C25H28N4O3S. The first-order valence-corrected chi connectivity index (χ1v) is 11.6. The van der Waals surface area contributed by atoms with E-state index in [2.05, 4.69) is 44.2 Å².